The standard InChI is InChI=1S/C20H18ClN5O3/c1-11-3-5-12(6-4-11)18-23-20-24-19(28)15(26(20)25-18)10-17(27)22-14-9-13(21)7-8-16(14)29-2/h3-9,15H,10H2,1-2H3,(H,22,27)(H,23,24,25,28)/t15-/m1/s1. The minimum Gasteiger partial charge on any atom is -0.495 e. The molecule has 2 N–H and O–H groups in total. The van der Waals surface area contributed by atoms with Crippen LogP contribution in [0.5, 0.6) is 5.75 Å². The van der Waals surface area contributed by atoms with E-state index in [9.17, 15) is 9.59 Å². The van der Waals surface area contributed by atoms with Crippen molar-refractivity contribution in [3.8, 4) is 17.1 Å². The van der Waals surface area contributed by atoms with Crippen molar-refractivity contribution in [2.75, 3.05) is 17.7 Å². The highest BCUT2D eigenvalue weighted by atomic mass is 35.5. The molecular formula is C20H18ClN5O3. The van der Waals surface area contributed by atoms with Crippen LogP contribution in [-0.4, -0.2) is 33.7 Å². The van der Waals surface area contributed by atoms with Crippen molar-refractivity contribution < 1.29 is 14.3 Å². The van der Waals surface area contributed by atoms with Crippen molar-refractivity contribution in [1.82, 2.24) is 14.8 Å². The van der Waals surface area contributed by atoms with E-state index in [4.69, 9.17) is 16.3 Å². The molecular weight excluding hydrogens is 394 g/mol. The summed E-state index contributed by atoms with van der Waals surface area (Å²) < 4.78 is 6.68. The molecule has 1 aliphatic rings. The Morgan fingerprint density at radius 3 is 2.76 bits per heavy atom. The van der Waals surface area contributed by atoms with Gasteiger partial charge in [-0.05, 0) is 25.1 Å². The predicted molar refractivity (Wildman–Crippen MR) is 109 cm³/mol. The summed E-state index contributed by atoms with van der Waals surface area (Å²) in [5, 5.41) is 10.3. The molecule has 2 aromatic carbocycles. The zero-order valence-corrected chi connectivity index (χ0v) is 16.5. The van der Waals surface area contributed by atoms with Gasteiger partial charge in [0.05, 0.1) is 19.2 Å². The number of aryl methyl sites for hydroxylation is 1. The smallest absolute Gasteiger partial charge is 0.252 e. The van der Waals surface area contributed by atoms with Gasteiger partial charge in [-0.1, -0.05) is 41.4 Å². The molecule has 3 aromatic rings. The van der Waals surface area contributed by atoms with Gasteiger partial charge >= 0.3 is 0 Å². The molecule has 1 aromatic heterocycles. The van der Waals surface area contributed by atoms with Crippen LogP contribution in [0.3, 0.4) is 0 Å². The maximum Gasteiger partial charge on any atom is 0.252 e. The average molecular weight is 412 g/mol. The second kappa shape index (κ2) is 7.56. The fraction of sp³-hybridized carbons (Fsp3) is 0.200. The first-order chi connectivity index (χ1) is 13.9. The lowest BCUT2D eigenvalue weighted by atomic mass is 10.1. The number of aromatic nitrogens is 3. The van der Waals surface area contributed by atoms with E-state index >= 15 is 0 Å². The Balaban J connectivity index is 1.53. The molecule has 0 saturated heterocycles. The third kappa shape index (κ3) is 3.79. The molecule has 8 nitrogen and oxygen atoms in total. The van der Waals surface area contributed by atoms with Crippen LogP contribution in [0.15, 0.2) is 42.5 Å². The molecule has 9 heteroatoms. The summed E-state index contributed by atoms with van der Waals surface area (Å²) in [6.45, 7) is 1.99. The molecule has 2 heterocycles. The van der Waals surface area contributed by atoms with Crippen molar-refractivity contribution >= 4 is 35.1 Å². The topological polar surface area (TPSA) is 98.1 Å². The lowest BCUT2D eigenvalue weighted by Gasteiger charge is -2.12. The largest absolute Gasteiger partial charge is 0.495 e. The first-order valence-corrected chi connectivity index (χ1v) is 9.30. The fourth-order valence-corrected chi connectivity index (χ4v) is 3.26. The van der Waals surface area contributed by atoms with E-state index in [0.717, 1.165) is 11.1 Å². The zero-order valence-electron chi connectivity index (χ0n) is 15.8. The minimum atomic E-state index is -0.790. The van der Waals surface area contributed by atoms with Crippen LogP contribution in [0.1, 0.15) is 18.0 Å². The van der Waals surface area contributed by atoms with Crippen molar-refractivity contribution in [2.45, 2.75) is 19.4 Å². The van der Waals surface area contributed by atoms with Crippen LogP contribution in [0.2, 0.25) is 5.02 Å². The van der Waals surface area contributed by atoms with Crippen LogP contribution in [0.25, 0.3) is 11.4 Å². The van der Waals surface area contributed by atoms with Gasteiger partial charge in [0.15, 0.2) is 5.82 Å². The second-order valence-corrected chi connectivity index (χ2v) is 7.11. The minimum absolute atomic E-state index is 0.106. The van der Waals surface area contributed by atoms with Crippen LogP contribution < -0.4 is 15.4 Å². The summed E-state index contributed by atoms with van der Waals surface area (Å²) in [5.74, 6) is 0.585. The number of fused-ring (bicyclic) bond motifs is 1. The monoisotopic (exact) mass is 411 g/mol. The van der Waals surface area contributed by atoms with Crippen LogP contribution in [0, 0.1) is 6.92 Å². The van der Waals surface area contributed by atoms with Crippen LogP contribution >= 0.6 is 11.6 Å². The van der Waals surface area contributed by atoms with E-state index in [1.54, 1.807) is 18.2 Å². The Bertz CT molecular complexity index is 1090. The van der Waals surface area contributed by atoms with Crippen molar-refractivity contribution in [1.29, 1.82) is 0 Å². The van der Waals surface area contributed by atoms with Crippen molar-refractivity contribution in [3.63, 3.8) is 0 Å². The van der Waals surface area contributed by atoms with Gasteiger partial charge in [-0.25, -0.2) is 4.68 Å². The Morgan fingerprint density at radius 1 is 1.28 bits per heavy atom. The SMILES string of the molecule is COc1ccc(Cl)cc1NC(=O)C[C@@H]1C(=O)Nc2nc(-c3ccc(C)cc3)nn21. The maximum absolute atomic E-state index is 12.6. The molecule has 0 unspecified atom stereocenters. The highest BCUT2D eigenvalue weighted by Crippen LogP contribution is 2.31. The Labute approximate surface area is 171 Å². The number of hydrogen-bond donors (Lipinski definition) is 2. The number of amides is 2. The number of carbonyl (C=O) groups excluding carboxylic acids is 2. The molecule has 148 valence electrons. The number of benzene rings is 2. The maximum atomic E-state index is 12.6. The summed E-state index contributed by atoms with van der Waals surface area (Å²) in [7, 11) is 1.50. The number of rotatable bonds is 5. The van der Waals surface area contributed by atoms with E-state index in [1.807, 2.05) is 31.2 Å². The number of methoxy groups -OCH3 is 1. The molecule has 1 aliphatic heterocycles. The second-order valence-electron chi connectivity index (χ2n) is 6.67. The Morgan fingerprint density at radius 2 is 2.03 bits per heavy atom. The third-order valence-electron chi connectivity index (χ3n) is 4.59. The number of nitrogens with one attached hydrogen (secondary N) is 2. The van der Waals surface area contributed by atoms with Gasteiger partial charge in [0.2, 0.25) is 11.9 Å². The molecule has 0 fully saturated rings. The van der Waals surface area contributed by atoms with Gasteiger partial charge in [-0.3, -0.25) is 14.9 Å². The number of hydrogen-bond acceptors (Lipinski definition) is 5. The van der Waals surface area contributed by atoms with Gasteiger partial charge in [0, 0.05) is 10.6 Å². The van der Waals surface area contributed by atoms with Gasteiger partial charge in [0.1, 0.15) is 11.8 Å². The summed E-state index contributed by atoms with van der Waals surface area (Å²) in [5.41, 5.74) is 2.39. The molecule has 0 radical (unpaired) electrons. The lowest BCUT2D eigenvalue weighted by molar-refractivity contribution is -0.123. The molecule has 0 saturated carbocycles. The summed E-state index contributed by atoms with van der Waals surface area (Å²) in [6.07, 6.45) is -0.106. The van der Waals surface area contributed by atoms with E-state index in [1.165, 1.54) is 11.8 Å². The van der Waals surface area contributed by atoms with E-state index in [2.05, 4.69) is 20.7 Å². The number of ether oxygens (including phenoxy) is 1. The van der Waals surface area contributed by atoms with Crippen molar-refractivity contribution in [2.24, 2.45) is 0 Å². The first-order valence-electron chi connectivity index (χ1n) is 8.92. The van der Waals surface area contributed by atoms with Gasteiger partial charge in [0.25, 0.3) is 5.91 Å². The number of anilines is 2. The third-order valence-corrected chi connectivity index (χ3v) is 4.82. The number of halogens is 1. The summed E-state index contributed by atoms with van der Waals surface area (Å²) >= 11 is 6.00. The normalized spacial score (nSPS) is 15.0. The zero-order chi connectivity index (χ0) is 20.5. The van der Waals surface area contributed by atoms with Gasteiger partial charge < -0.3 is 10.1 Å². The predicted octanol–water partition coefficient (Wildman–Crippen LogP) is 3.44. The number of carbonyl (C=O) groups is 2. The van der Waals surface area contributed by atoms with Gasteiger partial charge in [-0.15, -0.1) is 5.10 Å². The fourth-order valence-electron chi connectivity index (χ4n) is 3.09. The van der Waals surface area contributed by atoms with E-state index < -0.39 is 6.04 Å². The Kier molecular flexibility index (Phi) is 4.94. The molecule has 29 heavy (non-hydrogen) atoms. The van der Waals surface area contributed by atoms with Crippen LogP contribution in [0.4, 0.5) is 11.6 Å². The summed E-state index contributed by atoms with van der Waals surface area (Å²) in [6, 6.07) is 11.9. The molecule has 1 atom stereocenters. The summed E-state index contributed by atoms with van der Waals surface area (Å²) in [4.78, 5) is 29.3. The number of nitrogens with zero attached hydrogens (tertiary/aromatic N) is 3. The Hall–Kier alpha value is -3.39. The molecule has 0 aliphatic carbocycles. The quantitative estimate of drug-likeness (QED) is 0.670. The van der Waals surface area contributed by atoms with Gasteiger partial charge in [-0.2, -0.15) is 4.98 Å². The highest BCUT2D eigenvalue weighted by molar-refractivity contribution is 6.31. The van der Waals surface area contributed by atoms with E-state index in [0.29, 0.717) is 28.2 Å². The molecule has 2 amide bonds. The van der Waals surface area contributed by atoms with Crippen LogP contribution in [-0.2, 0) is 9.59 Å². The lowest BCUT2D eigenvalue weighted by Crippen LogP contribution is -2.24. The molecule has 0 bridgehead atoms. The molecule has 4 rings (SSSR count). The molecule has 0 spiro atoms. The average Bonchev–Trinajstić information content (AvgIpc) is 3.21. The highest BCUT2D eigenvalue weighted by Gasteiger charge is 2.35. The first kappa shape index (κ1) is 18.9. The van der Waals surface area contributed by atoms with E-state index in [-0.39, 0.29) is 18.2 Å². The van der Waals surface area contributed by atoms with Crippen molar-refractivity contribution in [3.05, 3.63) is 53.1 Å².